The second kappa shape index (κ2) is 5.97. The van der Waals surface area contributed by atoms with Crippen molar-refractivity contribution in [3.8, 4) is 0 Å². The zero-order valence-corrected chi connectivity index (χ0v) is 14.1. The summed E-state index contributed by atoms with van der Waals surface area (Å²) in [6.45, 7) is 3.31. The van der Waals surface area contributed by atoms with Crippen LogP contribution in [0.5, 0.6) is 0 Å². The van der Waals surface area contributed by atoms with Gasteiger partial charge in [0.1, 0.15) is 6.23 Å². The Labute approximate surface area is 148 Å². The molecular formula is C21H22N2O2. The van der Waals surface area contributed by atoms with Crippen LogP contribution in [0, 0.1) is 11.8 Å². The van der Waals surface area contributed by atoms with Gasteiger partial charge in [-0.25, -0.2) is 0 Å². The Morgan fingerprint density at radius 3 is 2.44 bits per heavy atom. The second-order valence-electron chi connectivity index (χ2n) is 7.35. The fraction of sp³-hybridized carbons (Fsp3) is 0.381. The second-order valence-corrected chi connectivity index (χ2v) is 7.35. The van der Waals surface area contributed by atoms with Crippen LogP contribution in [-0.4, -0.2) is 41.6 Å². The molecule has 25 heavy (non-hydrogen) atoms. The Balaban J connectivity index is 1.33. The lowest BCUT2D eigenvalue weighted by molar-refractivity contribution is -0.134. The van der Waals surface area contributed by atoms with Crippen LogP contribution in [0.15, 0.2) is 60.7 Å². The van der Waals surface area contributed by atoms with Crippen LogP contribution in [0.1, 0.15) is 17.2 Å². The van der Waals surface area contributed by atoms with E-state index in [9.17, 15) is 4.79 Å². The molecule has 3 saturated heterocycles. The number of ether oxygens (including phenoxy) is 1. The molecule has 3 aliphatic heterocycles. The fourth-order valence-electron chi connectivity index (χ4n) is 4.69. The molecule has 0 saturated carbocycles. The summed E-state index contributed by atoms with van der Waals surface area (Å²) >= 11 is 0. The number of benzene rings is 2. The minimum atomic E-state index is -0.0523. The monoisotopic (exact) mass is 334 g/mol. The minimum Gasteiger partial charge on any atom is -0.355 e. The summed E-state index contributed by atoms with van der Waals surface area (Å²) in [4.78, 5) is 17.5. The summed E-state index contributed by atoms with van der Waals surface area (Å²) in [5.74, 6) is 0.655. The summed E-state index contributed by atoms with van der Waals surface area (Å²) in [7, 11) is 0. The van der Waals surface area contributed by atoms with Gasteiger partial charge in [-0.15, -0.1) is 0 Å². The number of fused-ring (bicyclic) bond motifs is 3. The molecule has 3 heterocycles. The molecule has 4 nitrogen and oxygen atoms in total. The van der Waals surface area contributed by atoms with Gasteiger partial charge in [0.25, 0.3) is 0 Å². The standard InChI is InChI=1S/C21H22N2O2/c24-20-17-12-22(11-15-7-3-1-4-8-15)13-18(17)21-23(20)19(14-25-21)16-9-5-2-6-10-16/h1-10,17-19,21H,11-14H2/t17-,18+,19-,21?/m1/s1. The highest BCUT2D eigenvalue weighted by Gasteiger charge is 2.57. The Morgan fingerprint density at radius 2 is 1.68 bits per heavy atom. The van der Waals surface area contributed by atoms with Gasteiger partial charge in [-0.3, -0.25) is 9.69 Å². The van der Waals surface area contributed by atoms with Crippen molar-refractivity contribution in [2.75, 3.05) is 19.7 Å². The predicted octanol–water partition coefficient (Wildman–Crippen LogP) is 2.67. The molecule has 0 aliphatic carbocycles. The van der Waals surface area contributed by atoms with Crippen LogP contribution in [0.4, 0.5) is 0 Å². The van der Waals surface area contributed by atoms with Gasteiger partial charge in [0.15, 0.2) is 0 Å². The Morgan fingerprint density at radius 1 is 0.960 bits per heavy atom. The number of nitrogens with zero attached hydrogens (tertiary/aromatic N) is 2. The molecule has 5 rings (SSSR count). The Kier molecular flexibility index (Phi) is 3.61. The summed E-state index contributed by atoms with van der Waals surface area (Å²) in [5.41, 5.74) is 2.49. The lowest BCUT2D eigenvalue weighted by Gasteiger charge is -2.26. The van der Waals surface area contributed by atoms with E-state index in [0.29, 0.717) is 12.5 Å². The first-order chi connectivity index (χ1) is 12.3. The Bertz CT molecular complexity index is 764. The van der Waals surface area contributed by atoms with Crippen molar-refractivity contribution in [2.24, 2.45) is 11.8 Å². The van der Waals surface area contributed by atoms with Gasteiger partial charge in [-0.05, 0) is 11.1 Å². The zero-order chi connectivity index (χ0) is 16.8. The molecule has 4 atom stereocenters. The number of amides is 1. The maximum Gasteiger partial charge on any atom is 0.230 e. The SMILES string of the molecule is O=C1[C@@H]2CN(Cc3ccccc3)C[C@@H]2C2OC[C@H](c3ccccc3)N12. The van der Waals surface area contributed by atoms with Crippen LogP contribution in [-0.2, 0) is 16.1 Å². The molecule has 0 radical (unpaired) electrons. The number of hydrogen-bond donors (Lipinski definition) is 0. The van der Waals surface area contributed by atoms with E-state index >= 15 is 0 Å². The van der Waals surface area contributed by atoms with Crippen LogP contribution in [0.3, 0.4) is 0 Å². The molecule has 0 bridgehead atoms. The lowest BCUT2D eigenvalue weighted by atomic mass is 9.99. The third-order valence-electron chi connectivity index (χ3n) is 5.85. The highest BCUT2D eigenvalue weighted by Crippen LogP contribution is 2.46. The molecule has 1 amide bonds. The van der Waals surface area contributed by atoms with E-state index in [-0.39, 0.29) is 24.1 Å². The van der Waals surface area contributed by atoms with Crippen molar-refractivity contribution in [1.29, 1.82) is 0 Å². The first-order valence-corrected chi connectivity index (χ1v) is 9.06. The van der Waals surface area contributed by atoms with Crippen LogP contribution >= 0.6 is 0 Å². The predicted molar refractivity (Wildman–Crippen MR) is 94.5 cm³/mol. The van der Waals surface area contributed by atoms with E-state index < -0.39 is 0 Å². The maximum atomic E-state index is 13.1. The van der Waals surface area contributed by atoms with Crippen molar-refractivity contribution >= 4 is 5.91 Å². The van der Waals surface area contributed by atoms with Gasteiger partial charge in [-0.2, -0.15) is 0 Å². The van der Waals surface area contributed by atoms with Crippen LogP contribution < -0.4 is 0 Å². The van der Waals surface area contributed by atoms with Gasteiger partial charge in [0.2, 0.25) is 5.91 Å². The number of carbonyl (C=O) groups excluding carboxylic acids is 1. The molecule has 2 aromatic carbocycles. The summed E-state index contributed by atoms with van der Waals surface area (Å²) < 4.78 is 6.11. The van der Waals surface area contributed by atoms with Gasteiger partial charge in [0, 0.05) is 25.6 Å². The number of rotatable bonds is 3. The van der Waals surface area contributed by atoms with Gasteiger partial charge in [0.05, 0.1) is 18.6 Å². The summed E-state index contributed by atoms with van der Waals surface area (Å²) in [6.07, 6.45) is -0.0523. The van der Waals surface area contributed by atoms with E-state index in [2.05, 4.69) is 41.3 Å². The van der Waals surface area contributed by atoms with Gasteiger partial charge < -0.3 is 9.64 Å². The van der Waals surface area contributed by atoms with Crippen molar-refractivity contribution in [2.45, 2.75) is 18.8 Å². The molecule has 3 aliphatic rings. The smallest absolute Gasteiger partial charge is 0.230 e. The quantitative estimate of drug-likeness (QED) is 0.865. The van der Waals surface area contributed by atoms with Crippen molar-refractivity contribution in [1.82, 2.24) is 9.80 Å². The summed E-state index contributed by atoms with van der Waals surface area (Å²) in [5, 5.41) is 0. The van der Waals surface area contributed by atoms with E-state index in [1.807, 2.05) is 29.2 Å². The molecular weight excluding hydrogens is 312 g/mol. The largest absolute Gasteiger partial charge is 0.355 e. The van der Waals surface area contributed by atoms with Crippen LogP contribution in [0.25, 0.3) is 0 Å². The third-order valence-corrected chi connectivity index (χ3v) is 5.85. The third kappa shape index (κ3) is 2.48. The maximum absolute atomic E-state index is 13.1. The van der Waals surface area contributed by atoms with Crippen molar-refractivity contribution < 1.29 is 9.53 Å². The summed E-state index contributed by atoms with van der Waals surface area (Å²) in [6, 6.07) is 20.8. The molecule has 3 fully saturated rings. The average Bonchev–Trinajstić information content (AvgIpc) is 3.31. The molecule has 0 aromatic heterocycles. The molecule has 128 valence electrons. The van der Waals surface area contributed by atoms with E-state index in [0.717, 1.165) is 19.6 Å². The first-order valence-electron chi connectivity index (χ1n) is 9.06. The first kappa shape index (κ1) is 15.1. The molecule has 4 heteroatoms. The van der Waals surface area contributed by atoms with Gasteiger partial charge in [-0.1, -0.05) is 60.7 Å². The highest BCUT2D eigenvalue weighted by atomic mass is 16.5. The van der Waals surface area contributed by atoms with E-state index in [4.69, 9.17) is 4.74 Å². The van der Waals surface area contributed by atoms with E-state index in [1.165, 1.54) is 11.1 Å². The average molecular weight is 334 g/mol. The fourth-order valence-corrected chi connectivity index (χ4v) is 4.69. The number of likely N-dealkylation sites (tertiary alicyclic amines) is 1. The molecule has 0 N–H and O–H groups in total. The topological polar surface area (TPSA) is 32.8 Å². The normalized spacial score (nSPS) is 31.4. The number of hydrogen-bond acceptors (Lipinski definition) is 3. The molecule has 0 spiro atoms. The Hall–Kier alpha value is -2.17. The zero-order valence-electron chi connectivity index (χ0n) is 14.1. The minimum absolute atomic E-state index is 0.0523. The number of carbonyl (C=O) groups is 1. The van der Waals surface area contributed by atoms with E-state index in [1.54, 1.807) is 0 Å². The lowest BCUT2D eigenvalue weighted by Crippen LogP contribution is -2.36. The van der Waals surface area contributed by atoms with Gasteiger partial charge >= 0.3 is 0 Å². The van der Waals surface area contributed by atoms with Crippen LogP contribution in [0.2, 0.25) is 0 Å². The highest BCUT2D eigenvalue weighted by molar-refractivity contribution is 5.83. The molecule has 1 unspecified atom stereocenters. The van der Waals surface area contributed by atoms with Crippen molar-refractivity contribution in [3.05, 3.63) is 71.8 Å². The van der Waals surface area contributed by atoms with Crippen molar-refractivity contribution in [3.63, 3.8) is 0 Å². The molecule has 2 aromatic rings.